The van der Waals surface area contributed by atoms with Crippen LogP contribution in [0.2, 0.25) is 0 Å². The average molecular weight is 259 g/mol. The van der Waals surface area contributed by atoms with Crippen molar-refractivity contribution in [2.45, 2.75) is 13.3 Å². The van der Waals surface area contributed by atoms with Crippen LogP contribution >= 0.6 is 0 Å². The molecule has 1 aromatic carbocycles. The third-order valence-corrected chi connectivity index (χ3v) is 3.10. The molecule has 0 aromatic heterocycles. The number of benzene rings is 1. The van der Waals surface area contributed by atoms with Gasteiger partial charge in [-0.3, -0.25) is 9.59 Å². The minimum atomic E-state index is -1.18. The molecule has 1 heterocycles. The van der Waals surface area contributed by atoms with Gasteiger partial charge in [0.05, 0.1) is 17.8 Å². The Labute approximate surface area is 110 Å². The van der Waals surface area contributed by atoms with Gasteiger partial charge in [-0.2, -0.15) is 0 Å². The first-order valence-electron chi connectivity index (χ1n) is 5.86. The highest BCUT2D eigenvalue weighted by Crippen LogP contribution is 2.30. The van der Waals surface area contributed by atoms with Crippen molar-refractivity contribution in [3.63, 3.8) is 0 Å². The van der Waals surface area contributed by atoms with Crippen LogP contribution < -0.4 is 4.90 Å². The third kappa shape index (κ3) is 2.14. The number of carbonyl (C=O) groups excluding carboxylic acids is 2. The van der Waals surface area contributed by atoms with Crippen molar-refractivity contribution in [2.75, 3.05) is 11.4 Å². The maximum absolute atomic E-state index is 11.9. The maximum atomic E-state index is 11.9. The molecule has 0 fully saturated rings. The van der Waals surface area contributed by atoms with Crippen molar-refractivity contribution in [1.29, 1.82) is 0 Å². The molecule has 1 amide bonds. The maximum Gasteiger partial charge on any atom is 0.332 e. The lowest BCUT2D eigenvalue weighted by molar-refractivity contribution is -0.132. The van der Waals surface area contributed by atoms with Crippen LogP contribution in [0.5, 0.6) is 0 Å². The van der Waals surface area contributed by atoms with Crippen LogP contribution in [0, 0.1) is 0 Å². The molecule has 0 aliphatic carbocycles. The Morgan fingerprint density at radius 3 is 2.63 bits per heavy atom. The smallest absolute Gasteiger partial charge is 0.332 e. The Hall–Kier alpha value is -2.43. The number of aryl methyl sites for hydroxylation is 1. The number of carbonyl (C=O) groups is 3. The predicted molar refractivity (Wildman–Crippen MR) is 69.3 cm³/mol. The number of anilines is 1. The Bertz CT molecular complexity index is 603. The number of hydrogen-bond acceptors (Lipinski definition) is 3. The van der Waals surface area contributed by atoms with Crippen LogP contribution in [-0.2, 0) is 16.0 Å². The summed E-state index contributed by atoms with van der Waals surface area (Å²) >= 11 is 0. The summed E-state index contributed by atoms with van der Waals surface area (Å²) in [6.45, 7) is 5.15. The molecule has 19 heavy (non-hydrogen) atoms. The van der Waals surface area contributed by atoms with Gasteiger partial charge in [-0.15, -0.1) is 0 Å². The summed E-state index contributed by atoms with van der Waals surface area (Å²) in [5, 5.41) is 8.80. The van der Waals surface area contributed by atoms with Crippen LogP contribution in [-0.4, -0.2) is 29.3 Å². The molecule has 1 aliphatic heterocycles. The fourth-order valence-corrected chi connectivity index (χ4v) is 1.98. The fourth-order valence-electron chi connectivity index (χ4n) is 1.98. The van der Waals surface area contributed by atoms with Crippen molar-refractivity contribution >= 4 is 23.3 Å². The molecule has 0 spiro atoms. The number of hydrogen-bond donors (Lipinski definition) is 1. The van der Waals surface area contributed by atoms with Crippen LogP contribution in [0.3, 0.4) is 0 Å². The van der Waals surface area contributed by atoms with Gasteiger partial charge in [0.25, 0.3) is 11.7 Å². The van der Waals surface area contributed by atoms with Crippen molar-refractivity contribution in [2.24, 2.45) is 0 Å². The normalized spacial score (nSPS) is 13.6. The van der Waals surface area contributed by atoms with E-state index in [1.165, 1.54) is 0 Å². The Morgan fingerprint density at radius 1 is 1.37 bits per heavy atom. The van der Waals surface area contributed by atoms with Crippen LogP contribution in [0.15, 0.2) is 30.4 Å². The molecule has 5 heteroatoms. The molecule has 1 N–H and O–H groups in total. The second-order valence-corrected chi connectivity index (χ2v) is 4.33. The van der Waals surface area contributed by atoms with Crippen molar-refractivity contribution < 1.29 is 19.5 Å². The Balaban J connectivity index is 2.39. The van der Waals surface area contributed by atoms with Crippen molar-refractivity contribution in [3.05, 3.63) is 41.5 Å². The first-order valence-corrected chi connectivity index (χ1v) is 5.86. The highest BCUT2D eigenvalue weighted by molar-refractivity contribution is 6.52. The number of nitrogens with zero attached hydrogens (tertiary/aromatic N) is 1. The fraction of sp³-hybridized carbons (Fsp3) is 0.214. The molecule has 5 nitrogen and oxygen atoms in total. The standard InChI is InChI=1S/C14H13NO4/c1-3-9-4-5-11-10(6-9)12(16)13(17)15(11)7-8(2)14(18)19/h4-6H,2-3,7H2,1H3,(H,18,19). The summed E-state index contributed by atoms with van der Waals surface area (Å²) in [6, 6.07) is 5.17. The summed E-state index contributed by atoms with van der Waals surface area (Å²) in [4.78, 5) is 35.6. The molecule has 1 aliphatic rings. The summed E-state index contributed by atoms with van der Waals surface area (Å²) < 4.78 is 0. The van der Waals surface area contributed by atoms with E-state index in [1.807, 2.05) is 13.0 Å². The van der Waals surface area contributed by atoms with Crippen molar-refractivity contribution in [3.8, 4) is 0 Å². The number of carboxylic acid groups (broad SMARTS) is 1. The van der Waals surface area contributed by atoms with E-state index in [0.717, 1.165) is 16.9 Å². The third-order valence-electron chi connectivity index (χ3n) is 3.10. The molecule has 0 saturated heterocycles. The average Bonchev–Trinajstić information content (AvgIpc) is 2.63. The number of fused-ring (bicyclic) bond motifs is 1. The molecule has 2 rings (SSSR count). The molecule has 0 saturated carbocycles. The molecule has 0 unspecified atom stereocenters. The summed E-state index contributed by atoms with van der Waals surface area (Å²) in [5.41, 5.74) is 1.62. The predicted octanol–water partition coefficient (Wildman–Crippen LogP) is 1.42. The second kappa shape index (κ2) is 4.68. The minimum absolute atomic E-state index is 0.131. The zero-order chi connectivity index (χ0) is 14.2. The zero-order valence-corrected chi connectivity index (χ0v) is 10.5. The quantitative estimate of drug-likeness (QED) is 0.655. The summed E-state index contributed by atoms with van der Waals surface area (Å²) in [7, 11) is 0. The SMILES string of the molecule is C=C(CN1C(=O)C(=O)c2cc(CC)ccc21)C(=O)O. The van der Waals surface area contributed by atoms with Gasteiger partial charge >= 0.3 is 5.97 Å². The van der Waals surface area contributed by atoms with E-state index in [-0.39, 0.29) is 12.1 Å². The minimum Gasteiger partial charge on any atom is -0.478 e. The number of rotatable bonds is 4. The molecular formula is C14H13NO4. The Morgan fingerprint density at radius 2 is 2.05 bits per heavy atom. The topological polar surface area (TPSA) is 74.7 Å². The first-order chi connectivity index (χ1) is 8.95. The summed E-state index contributed by atoms with van der Waals surface area (Å²) in [5.74, 6) is -2.48. The molecule has 0 bridgehead atoms. The van der Waals surface area contributed by atoms with Gasteiger partial charge < -0.3 is 10.0 Å². The number of Topliss-reactive ketones (excluding diaryl/α,β-unsaturated/α-hetero) is 1. The van der Waals surface area contributed by atoms with Crippen LogP contribution in [0.25, 0.3) is 0 Å². The largest absolute Gasteiger partial charge is 0.478 e. The van der Waals surface area contributed by atoms with Gasteiger partial charge in [0.1, 0.15) is 0 Å². The van der Waals surface area contributed by atoms with Gasteiger partial charge in [0, 0.05) is 5.57 Å². The van der Waals surface area contributed by atoms with Crippen LogP contribution in [0.4, 0.5) is 5.69 Å². The van der Waals surface area contributed by atoms with Gasteiger partial charge in [-0.25, -0.2) is 4.79 Å². The molecule has 98 valence electrons. The van der Waals surface area contributed by atoms with Crippen LogP contribution in [0.1, 0.15) is 22.8 Å². The lowest BCUT2D eigenvalue weighted by atomic mass is 10.1. The van der Waals surface area contributed by atoms with Crippen molar-refractivity contribution in [1.82, 2.24) is 0 Å². The number of ketones is 1. The molecule has 0 radical (unpaired) electrons. The highest BCUT2D eigenvalue weighted by Gasteiger charge is 2.36. The highest BCUT2D eigenvalue weighted by atomic mass is 16.4. The van der Waals surface area contributed by atoms with E-state index in [2.05, 4.69) is 6.58 Å². The molecule has 0 atom stereocenters. The van der Waals surface area contributed by atoms with E-state index < -0.39 is 17.7 Å². The number of amides is 1. The summed E-state index contributed by atoms with van der Waals surface area (Å²) in [6.07, 6.45) is 0.761. The molecular weight excluding hydrogens is 246 g/mol. The van der Waals surface area contributed by atoms with Gasteiger partial charge in [0.15, 0.2) is 0 Å². The Kier molecular flexibility index (Phi) is 3.21. The van der Waals surface area contributed by atoms with E-state index >= 15 is 0 Å². The van der Waals surface area contributed by atoms with E-state index in [1.54, 1.807) is 12.1 Å². The van der Waals surface area contributed by atoms with Gasteiger partial charge in [-0.1, -0.05) is 19.6 Å². The monoisotopic (exact) mass is 259 g/mol. The number of carboxylic acids is 1. The molecule has 1 aromatic rings. The second-order valence-electron chi connectivity index (χ2n) is 4.33. The van der Waals surface area contributed by atoms with E-state index in [0.29, 0.717) is 11.3 Å². The number of aliphatic carboxylic acids is 1. The lowest BCUT2D eigenvalue weighted by Crippen LogP contribution is -2.32. The van der Waals surface area contributed by atoms with Gasteiger partial charge in [-0.05, 0) is 24.1 Å². The first kappa shape index (κ1) is 13.0. The van der Waals surface area contributed by atoms with Gasteiger partial charge in [0.2, 0.25) is 0 Å². The lowest BCUT2D eigenvalue weighted by Gasteiger charge is -2.16. The zero-order valence-electron chi connectivity index (χ0n) is 10.5. The van der Waals surface area contributed by atoms with E-state index in [4.69, 9.17) is 5.11 Å². The van der Waals surface area contributed by atoms with E-state index in [9.17, 15) is 14.4 Å².